The lowest BCUT2D eigenvalue weighted by Crippen LogP contribution is -2.40. The molecule has 1 aliphatic heterocycles. The molecule has 21 heavy (non-hydrogen) atoms. The van der Waals surface area contributed by atoms with Gasteiger partial charge in [-0.05, 0) is 32.8 Å². The molecule has 1 aromatic rings. The third-order valence-corrected chi connectivity index (χ3v) is 5.82. The van der Waals surface area contributed by atoms with Crippen molar-refractivity contribution < 1.29 is 13.2 Å². The SMILES string of the molecule is CCOC1CCN(S(=O)(=O)c2cc(CN)n(CC)c2)CC1. The zero-order chi connectivity index (χ0) is 15.5. The van der Waals surface area contributed by atoms with E-state index in [0.717, 1.165) is 18.5 Å². The van der Waals surface area contributed by atoms with E-state index in [2.05, 4.69) is 0 Å². The Kier molecular flexibility index (Phi) is 5.43. The molecule has 0 amide bonds. The molecule has 2 N–H and O–H groups in total. The van der Waals surface area contributed by atoms with E-state index >= 15 is 0 Å². The lowest BCUT2D eigenvalue weighted by molar-refractivity contribution is 0.0290. The van der Waals surface area contributed by atoms with Crippen LogP contribution in [0.4, 0.5) is 0 Å². The summed E-state index contributed by atoms with van der Waals surface area (Å²) in [5, 5.41) is 0. The molecule has 0 saturated carbocycles. The van der Waals surface area contributed by atoms with Gasteiger partial charge in [-0.15, -0.1) is 0 Å². The number of hydrogen-bond acceptors (Lipinski definition) is 4. The first kappa shape index (κ1) is 16.5. The Morgan fingerprint density at radius 2 is 2.00 bits per heavy atom. The number of piperidine rings is 1. The third kappa shape index (κ3) is 3.48. The van der Waals surface area contributed by atoms with Gasteiger partial charge in [0.05, 0.1) is 6.10 Å². The summed E-state index contributed by atoms with van der Waals surface area (Å²) in [5.41, 5.74) is 6.51. The van der Waals surface area contributed by atoms with Gasteiger partial charge >= 0.3 is 0 Å². The molecule has 1 aliphatic rings. The number of ether oxygens (including phenoxy) is 1. The number of hydrogen-bond donors (Lipinski definition) is 1. The van der Waals surface area contributed by atoms with Gasteiger partial charge in [0.2, 0.25) is 10.0 Å². The summed E-state index contributed by atoms with van der Waals surface area (Å²) in [6, 6.07) is 1.69. The van der Waals surface area contributed by atoms with E-state index < -0.39 is 10.0 Å². The first-order valence-electron chi connectivity index (χ1n) is 7.53. The largest absolute Gasteiger partial charge is 0.378 e. The molecule has 120 valence electrons. The second kappa shape index (κ2) is 6.91. The van der Waals surface area contributed by atoms with Gasteiger partial charge in [-0.25, -0.2) is 8.42 Å². The standard InChI is InChI=1S/C14H25N3O3S/c1-3-16-11-14(9-12(16)10-15)21(18,19)17-7-5-13(6-8-17)20-4-2/h9,11,13H,3-8,10,15H2,1-2H3. The number of sulfonamides is 1. The van der Waals surface area contributed by atoms with Crippen LogP contribution in [0.5, 0.6) is 0 Å². The topological polar surface area (TPSA) is 77.6 Å². The lowest BCUT2D eigenvalue weighted by Gasteiger charge is -2.30. The molecule has 0 aliphatic carbocycles. The van der Waals surface area contributed by atoms with Crippen LogP contribution in [-0.2, 0) is 27.8 Å². The Morgan fingerprint density at radius 1 is 1.33 bits per heavy atom. The van der Waals surface area contributed by atoms with Gasteiger partial charge in [-0.2, -0.15) is 4.31 Å². The van der Waals surface area contributed by atoms with Crippen molar-refractivity contribution in [2.75, 3.05) is 19.7 Å². The summed E-state index contributed by atoms with van der Waals surface area (Å²) < 4.78 is 34.4. The molecule has 0 radical (unpaired) electrons. The summed E-state index contributed by atoms with van der Waals surface area (Å²) in [7, 11) is -3.42. The second-order valence-electron chi connectivity index (χ2n) is 5.22. The Hall–Kier alpha value is -0.890. The second-order valence-corrected chi connectivity index (χ2v) is 7.15. The first-order chi connectivity index (χ1) is 10.0. The predicted octanol–water partition coefficient (Wildman–Crippen LogP) is 1.16. The highest BCUT2D eigenvalue weighted by molar-refractivity contribution is 7.89. The van der Waals surface area contributed by atoms with Crippen LogP contribution in [0.2, 0.25) is 0 Å². The van der Waals surface area contributed by atoms with E-state index in [-0.39, 0.29) is 6.10 Å². The summed E-state index contributed by atoms with van der Waals surface area (Å²) in [4.78, 5) is 0.347. The van der Waals surface area contributed by atoms with Crippen molar-refractivity contribution in [2.24, 2.45) is 5.73 Å². The highest BCUT2D eigenvalue weighted by Crippen LogP contribution is 2.23. The van der Waals surface area contributed by atoms with Crippen LogP contribution in [0.15, 0.2) is 17.2 Å². The quantitative estimate of drug-likeness (QED) is 0.854. The summed E-state index contributed by atoms with van der Waals surface area (Å²) in [6.07, 6.45) is 3.38. The number of nitrogens with zero attached hydrogens (tertiary/aromatic N) is 2. The molecular weight excluding hydrogens is 290 g/mol. The van der Waals surface area contributed by atoms with Crippen molar-refractivity contribution >= 4 is 10.0 Å². The highest BCUT2D eigenvalue weighted by Gasteiger charge is 2.30. The van der Waals surface area contributed by atoms with Crippen LogP contribution in [0.25, 0.3) is 0 Å². The zero-order valence-electron chi connectivity index (χ0n) is 12.8. The van der Waals surface area contributed by atoms with Gasteiger partial charge < -0.3 is 15.0 Å². The van der Waals surface area contributed by atoms with Crippen molar-refractivity contribution in [1.29, 1.82) is 0 Å². The molecule has 0 atom stereocenters. The van der Waals surface area contributed by atoms with E-state index in [1.54, 1.807) is 16.6 Å². The van der Waals surface area contributed by atoms with Crippen molar-refractivity contribution in [1.82, 2.24) is 8.87 Å². The smallest absolute Gasteiger partial charge is 0.244 e. The number of rotatable bonds is 6. The monoisotopic (exact) mass is 315 g/mol. The van der Waals surface area contributed by atoms with Crippen LogP contribution in [0, 0.1) is 0 Å². The molecule has 0 aromatic carbocycles. The molecule has 2 heterocycles. The zero-order valence-corrected chi connectivity index (χ0v) is 13.6. The van der Waals surface area contributed by atoms with Crippen molar-refractivity contribution in [3.63, 3.8) is 0 Å². The minimum absolute atomic E-state index is 0.182. The fourth-order valence-electron chi connectivity index (χ4n) is 2.76. The fraction of sp³-hybridized carbons (Fsp3) is 0.714. The summed E-state index contributed by atoms with van der Waals surface area (Å²) in [5.74, 6) is 0. The Morgan fingerprint density at radius 3 is 2.48 bits per heavy atom. The molecule has 0 unspecified atom stereocenters. The Bertz CT molecular complexity index is 539. The summed E-state index contributed by atoms with van der Waals surface area (Å²) in [6.45, 7) is 6.71. The molecule has 6 nitrogen and oxygen atoms in total. The van der Waals surface area contributed by atoms with Gasteiger partial charge in [0.1, 0.15) is 4.90 Å². The van der Waals surface area contributed by atoms with E-state index in [1.165, 1.54) is 0 Å². The average molecular weight is 315 g/mol. The molecule has 0 spiro atoms. The maximum Gasteiger partial charge on any atom is 0.244 e. The number of nitrogens with two attached hydrogens (primary N) is 1. The third-order valence-electron chi connectivity index (χ3n) is 3.95. The molecular formula is C14H25N3O3S. The maximum atomic E-state index is 12.7. The van der Waals surface area contributed by atoms with Crippen LogP contribution in [0.3, 0.4) is 0 Å². The van der Waals surface area contributed by atoms with Gasteiger partial charge in [0, 0.05) is 44.7 Å². The van der Waals surface area contributed by atoms with Crippen LogP contribution >= 0.6 is 0 Å². The fourth-order valence-corrected chi connectivity index (χ4v) is 4.29. The number of aromatic nitrogens is 1. The summed E-state index contributed by atoms with van der Waals surface area (Å²) >= 11 is 0. The van der Waals surface area contributed by atoms with E-state index in [0.29, 0.717) is 37.7 Å². The molecule has 0 bridgehead atoms. The van der Waals surface area contributed by atoms with Crippen LogP contribution in [0.1, 0.15) is 32.4 Å². The normalized spacial score (nSPS) is 18.2. The molecule has 7 heteroatoms. The van der Waals surface area contributed by atoms with E-state index in [9.17, 15) is 8.42 Å². The van der Waals surface area contributed by atoms with Crippen molar-refractivity contribution in [3.05, 3.63) is 18.0 Å². The molecule has 1 fully saturated rings. The highest BCUT2D eigenvalue weighted by atomic mass is 32.2. The predicted molar refractivity (Wildman–Crippen MR) is 81.4 cm³/mol. The maximum absolute atomic E-state index is 12.7. The Labute approximate surface area is 126 Å². The average Bonchev–Trinajstić information content (AvgIpc) is 2.92. The van der Waals surface area contributed by atoms with Gasteiger partial charge in [-0.3, -0.25) is 0 Å². The number of aryl methyl sites for hydroxylation is 1. The van der Waals surface area contributed by atoms with Crippen molar-refractivity contribution in [3.8, 4) is 0 Å². The molecule has 1 aromatic heterocycles. The Balaban J connectivity index is 2.13. The van der Waals surface area contributed by atoms with Gasteiger partial charge in [-0.1, -0.05) is 0 Å². The van der Waals surface area contributed by atoms with Crippen molar-refractivity contribution in [2.45, 2.75) is 50.8 Å². The molecule has 2 rings (SSSR count). The lowest BCUT2D eigenvalue weighted by atomic mass is 10.1. The van der Waals surface area contributed by atoms with Gasteiger partial charge in [0.25, 0.3) is 0 Å². The van der Waals surface area contributed by atoms with E-state index in [4.69, 9.17) is 10.5 Å². The van der Waals surface area contributed by atoms with Gasteiger partial charge in [0.15, 0.2) is 0 Å². The van der Waals surface area contributed by atoms with Crippen LogP contribution in [-0.4, -0.2) is 43.1 Å². The molecule has 1 saturated heterocycles. The minimum atomic E-state index is -3.42. The first-order valence-corrected chi connectivity index (χ1v) is 8.97. The van der Waals surface area contributed by atoms with E-state index in [1.807, 2.05) is 18.4 Å². The van der Waals surface area contributed by atoms with Crippen LogP contribution < -0.4 is 5.73 Å². The minimum Gasteiger partial charge on any atom is -0.378 e.